The maximum absolute atomic E-state index is 8.81. The van der Waals surface area contributed by atoms with Gasteiger partial charge in [-0.2, -0.15) is 9.97 Å². The minimum Gasteiger partial charge on any atom is -0.309 e. The van der Waals surface area contributed by atoms with Gasteiger partial charge in [-0.15, -0.1) is 0 Å². The number of hydrogen-bond donors (Lipinski definition) is 0. The highest BCUT2D eigenvalue weighted by molar-refractivity contribution is 6.13. The minimum atomic E-state index is -0.447. The van der Waals surface area contributed by atoms with E-state index in [1.165, 1.54) is 0 Å². The summed E-state index contributed by atoms with van der Waals surface area (Å²) >= 11 is 0. The molecule has 10 aromatic carbocycles. The Hall–Kier alpha value is -9.39. The molecule has 69 heavy (non-hydrogen) atoms. The van der Waals surface area contributed by atoms with Gasteiger partial charge in [-0.05, 0) is 95.1 Å². The van der Waals surface area contributed by atoms with Gasteiger partial charge in [-0.1, -0.05) is 170 Å². The van der Waals surface area contributed by atoms with Gasteiger partial charge < -0.3 is 9.13 Å². The van der Waals surface area contributed by atoms with Gasteiger partial charge in [0.25, 0.3) is 0 Å². The predicted molar refractivity (Wildman–Crippen MR) is 285 cm³/mol. The van der Waals surface area contributed by atoms with Crippen LogP contribution in [0.1, 0.15) is 13.7 Å². The Morgan fingerprint density at radius 3 is 1.07 bits per heavy atom. The van der Waals surface area contributed by atoms with Gasteiger partial charge in [0, 0.05) is 43.4 Å². The van der Waals surface area contributed by atoms with Crippen molar-refractivity contribution >= 4 is 65.4 Å². The number of hydrogen-bond acceptors (Lipinski definition) is 3. The summed E-state index contributed by atoms with van der Waals surface area (Å²) in [6.07, 6.45) is 0. The number of aromatic nitrogens is 6. The molecule has 0 radical (unpaired) electrons. The normalized spacial score (nSPS) is 13.8. The van der Waals surface area contributed by atoms with Gasteiger partial charge in [-0.3, -0.25) is 4.57 Å². The van der Waals surface area contributed by atoms with Crippen LogP contribution in [0, 0.1) is 0 Å². The fourth-order valence-corrected chi connectivity index (χ4v) is 10.1. The van der Waals surface area contributed by atoms with Crippen LogP contribution in [0.25, 0.3) is 128 Å². The van der Waals surface area contributed by atoms with Gasteiger partial charge >= 0.3 is 0 Å². The average Bonchev–Trinajstić information content (AvgIpc) is 4.31. The average molecular weight is 891 g/mol. The van der Waals surface area contributed by atoms with Crippen molar-refractivity contribution in [2.45, 2.75) is 0 Å². The molecule has 4 aromatic heterocycles. The lowest BCUT2D eigenvalue weighted by molar-refractivity contribution is 0.950. The van der Waals surface area contributed by atoms with Crippen LogP contribution in [-0.4, -0.2) is 28.7 Å². The maximum atomic E-state index is 8.81. The molecule has 0 atom stereocenters. The van der Waals surface area contributed by atoms with Gasteiger partial charge in [0.1, 0.15) is 0 Å². The zero-order chi connectivity index (χ0) is 54.1. The number of para-hydroxylation sites is 6. The molecular weight excluding hydrogens is 841 g/mol. The third-order valence-corrected chi connectivity index (χ3v) is 13.1. The van der Waals surface area contributed by atoms with Crippen LogP contribution in [0.3, 0.4) is 0 Å². The molecular formula is C63H40N6. The van der Waals surface area contributed by atoms with E-state index in [-0.39, 0.29) is 35.3 Å². The Balaban J connectivity index is 1.02. The number of fused-ring (bicyclic) bond motifs is 9. The van der Waals surface area contributed by atoms with Crippen molar-refractivity contribution in [3.63, 3.8) is 0 Å². The molecule has 0 saturated carbocycles. The van der Waals surface area contributed by atoms with E-state index in [1.807, 2.05) is 146 Å². The summed E-state index contributed by atoms with van der Waals surface area (Å²) in [5, 5.41) is 5.48. The summed E-state index contributed by atoms with van der Waals surface area (Å²) in [5.41, 5.74) is 9.33. The topological polar surface area (TPSA) is 53.5 Å². The highest BCUT2D eigenvalue weighted by Gasteiger charge is 2.24. The molecule has 6 nitrogen and oxygen atoms in total. The third kappa shape index (κ3) is 6.16. The molecule has 4 heterocycles. The SMILES string of the molecule is [2H]c1c([2H])c([2H])c(-c2ccc3c(c2)c2ccccc2n3-c2ccccc2-c2nc(-c3ccccc3-n3c4ccccc4c4cc(-c5c([2H])c([2H])c([2H])c([2H])c5[2H])ccc43)nc(-n3c4ccccc4c4ccccc43)n2)c([2H])c1[2H]. The van der Waals surface area contributed by atoms with Gasteiger partial charge in [0.15, 0.2) is 11.6 Å². The van der Waals surface area contributed by atoms with Crippen LogP contribution in [0.5, 0.6) is 0 Å². The molecule has 0 N–H and O–H groups in total. The van der Waals surface area contributed by atoms with Crippen LogP contribution in [-0.2, 0) is 0 Å². The second kappa shape index (κ2) is 15.6. The van der Waals surface area contributed by atoms with Crippen molar-refractivity contribution in [1.82, 2.24) is 28.7 Å². The molecule has 0 saturated heterocycles. The summed E-state index contributed by atoms with van der Waals surface area (Å²) in [4.78, 5) is 16.3. The van der Waals surface area contributed by atoms with Crippen LogP contribution in [0.15, 0.2) is 242 Å². The first-order chi connectivity index (χ1) is 38.4. The largest absolute Gasteiger partial charge is 0.309 e. The van der Waals surface area contributed by atoms with Crippen LogP contribution >= 0.6 is 0 Å². The second-order valence-corrected chi connectivity index (χ2v) is 16.9. The first kappa shape index (κ1) is 30.0. The number of nitrogens with zero attached hydrogens (tertiary/aromatic N) is 6. The van der Waals surface area contributed by atoms with E-state index in [9.17, 15) is 0 Å². The Kier molecular flexibility index (Phi) is 6.79. The van der Waals surface area contributed by atoms with Gasteiger partial charge in [-0.25, -0.2) is 4.98 Å². The summed E-state index contributed by atoms with van der Waals surface area (Å²) in [7, 11) is 0. The molecule has 0 amide bonds. The zero-order valence-electron chi connectivity index (χ0n) is 46.5. The highest BCUT2D eigenvalue weighted by atomic mass is 15.2. The van der Waals surface area contributed by atoms with Crippen LogP contribution in [0.2, 0.25) is 0 Å². The first-order valence-corrected chi connectivity index (χ1v) is 22.5. The highest BCUT2D eigenvalue weighted by Crippen LogP contribution is 2.41. The lowest BCUT2D eigenvalue weighted by Gasteiger charge is -2.17. The Labute approximate surface area is 411 Å². The second-order valence-electron chi connectivity index (χ2n) is 16.9. The number of rotatable bonds is 7. The molecule has 6 heteroatoms. The first-order valence-electron chi connectivity index (χ1n) is 27.5. The van der Waals surface area contributed by atoms with E-state index >= 15 is 0 Å². The van der Waals surface area contributed by atoms with Crippen molar-refractivity contribution in [3.05, 3.63) is 242 Å². The summed E-state index contributed by atoms with van der Waals surface area (Å²) < 4.78 is 91.8. The van der Waals surface area contributed by atoms with E-state index in [0.717, 1.165) is 76.8 Å². The molecule has 0 spiro atoms. The smallest absolute Gasteiger partial charge is 0.238 e. The van der Waals surface area contributed by atoms with E-state index in [2.05, 4.69) is 38.0 Å². The standard InChI is InChI=1S/C63H40N6/c1-3-19-41(20-4-1)43-35-37-59-51(39-43)47-25-9-13-29-53(47)67(59)57-33-17-11-27-49(57)61-64-62(66-63(65-61)69-55-31-15-7-23-45(55)46-24-8-16-32-56(46)69)50-28-12-18-34-58(50)68-54-30-14-10-26-48(54)52-40-44(36-38-60(52)68)42-21-5-2-6-22-42/h1-40H/i1D,2D,3D,4D,5D,6D,19D,20D,21D,22D. The number of benzene rings is 10. The van der Waals surface area contributed by atoms with E-state index in [1.54, 1.807) is 12.1 Å². The molecule has 0 unspecified atom stereocenters. The minimum absolute atomic E-state index is 0.125. The van der Waals surface area contributed by atoms with E-state index in [4.69, 9.17) is 28.7 Å². The van der Waals surface area contributed by atoms with Crippen LogP contribution < -0.4 is 0 Å². The quantitative estimate of drug-likeness (QED) is 0.160. The zero-order valence-corrected chi connectivity index (χ0v) is 36.5. The monoisotopic (exact) mass is 890 g/mol. The van der Waals surface area contributed by atoms with Gasteiger partial charge in [0.2, 0.25) is 5.95 Å². The fourth-order valence-electron chi connectivity index (χ4n) is 10.1. The van der Waals surface area contributed by atoms with Crippen molar-refractivity contribution in [2.75, 3.05) is 0 Å². The van der Waals surface area contributed by atoms with E-state index < -0.39 is 36.3 Å². The van der Waals surface area contributed by atoms with Crippen LogP contribution in [0.4, 0.5) is 0 Å². The molecule has 14 aromatic rings. The molecule has 0 fully saturated rings. The van der Waals surface area contributed by atoms with Crippen molar-refractivity contribution < 1.29 is 13.7 Å². The molecule has 0 aliphatic rings. The molecule has 14 rings (SSSR count). The third-order valence-electron chi connectivity index (χ3n) is 13.1. The summed E-state index contributed by atoms with van der Waals surface area (Å²) in [5.74, 6) is 1.16. The Morgan fingerprint density at radius 1 is 0.290 bits per heavy atom. The summed E-state index contributed by atoms with van der Waals surface area (Å²) in [6.45, 7) is 0. The van der Waals surface area contributed by atoms with Crippen molar-refractivity contribution in [3.8, 4) is 62.4 Å². The predicted octanol–water partition coefficient (Wildman–Crippen LogP) is 15.8. The molecule has 0 aliphatic heterocycles. The molecule has 0 aliphatic carbocycles. The fraction of sp³-hybridized carbons (Fsp3) is 0. The van der Waals surface area contributed by atoms with Crippen molar-refractivity contribution in [1.29, 1.82) is 0 Å². The van der Waals surface area contributed by atoms with E-state index in [0.29, 0.717) is 39.9 Å². The van der Waals surface area contributed by atoms with Crippen molar-refractivity contribution in [2.24, 2.45) is 0 Å². The lowest BCUT2D eigenvalue weighted by atomic mass is 10.0. The lowest BCUT2D eigenvalue weighted by Crippen LogP contribution is -2.09. The maximum Gasteiger partial charge on any atom is 0.238 e. The Morgan fingerprint density at radius 2 is 0.638 bits per heavy atom. The molecule has 322 valence electrons. The van der Waals surface area contributed by atoms with Gasteiger partial charge in [0.05, 0.1) is 58.2 Å². The Bertz CT molecular complexity index is 4580. The molecule has 0 bridgehead atoms. The summed E-state index contributed by atoms with van der Waals surface area (Å²) in [6, 6.07) is 55.9.